The summed E-state index contributed by atoms with van der Waals surface area (Å²) in [5.74, 6) is 2.18. The van der Waals surface area contributed by atoms with Gasteiger partial charge in [0.05, 0.1) is 21.3 Å². The molecule has 0 saturated heterocycles. The van der Waals surface area contributed by atoms with Crippen LogP contribution in [0, 0.1) is 0 Å². The largest absolute Gasteiger partial charge is 0.292 e. The van der Waals surface area contributed by atoms with Crippen molar-refractivity contribution < 1.29 is 0 Å². The summed E-state index contributed by atoms with van der Waals surface area (Å²) in [6.07, 6.45) is 2.89. The summed E-state index contributed by atoms with van der Waals surface area (Å²) in [5, 5.41) is 6.37. The van der Waals surface area contributed by atoms with Crippen molar-refractivity contribution in [3.8, 4) is 39.2 Å². The Hall–Kier alpha value is -6.88. The zero-order valence-electron chi connectivity index (χ0n) is 32.1. The molecule has 11 aromatic rings. The van der Waals surface area contributed by atoms with Gasteiger partial charge in [-0.2, -0.15) is 0 Å². The lowest BCUT2D eigenvalue weighted by Crippen LogP contribution is -2.13. The zero-order valence-corrected chi connectivity index (χ0v) is 32.9. The van der Waals surface area contributed by atoms with Crippen LogP contribution in [0.15, 0.2) is 164 Å². The molecular weight excluding hydrogens is 735 g/mol. The van der Waals surface area contributed by atoms with Crippen LogP contribution in [-0.4, -0.2) is 14.5 Å². The molecule has 14 rings (SSSR count). The topological polar surface area (TPSA) is 30.7 Å². The average Bonchev–Trinajstić information content (AvgIpc) is 3.90. The van der Waals surface area contributed by atoms with Gasteiger partial charge in [0.25, 0.3) is 0 Å². The fourth-order valence-corrected chi connectivity index (χ4v) is 12.4. The molecule has 0 fully saturated rings. The van der Waals surface area contributed by atoms with Gasteiger partial charge >= 0.3 is 0 Å². The molecule has 0 N–H and O–H groups in total. The maximum atomic E-state index is 5.88. The van der Waals surface area contributed by atoms with Crippen molar-refractivity contribution in [3.05, 3.63) is 197 Å². The molecule has 3 aliphatic rings. The Morgan fingerprint density at radius 1 is 0.542 bits per heavy atom. The van der Waals surface area contributed by atoms with Gasteiger partial charge < -0.3 is 0 Å². The Balaban J connectivity index is 1.14. The summed E-state index contributed by atoms with van der Waals surface area (Å²) in [6.45, 7) is 0. The second-order valence-electron chi connectivity index (χ2n) is 16.6. The van der Waals surface area contributed by atoms with E-state index in [1.165, 1.54) is 104 Å². The van der Waals surface area contributed by atoms with Crippen molar-refractivity contribution in [1.82, 2.24) is 14.5 Å². The highest BCUT2D eigenvalue weighted by molar-refractivity contribution is 7.26. The van der Waals surface area contributed by atoms with Crippen LogP contribution in [-0.2, 0) is 12.8 Å². The molecule has 2 atom stereocenters. The lowest BCUT2D eigenvalue weighted by atomic mass is 9.76. The molecule has 3 heterocycles. The normalized spacial score (nSPS) is 16.3. The second-order valence-corrected chi connectivity index (χ2v) is 17.7. The van der Waals surface area contributed by atoms with E-state index in [0.717, 1.165) is 41.1 Å². The van der Waals surface area contributed by atoms with Crippen LogP contribution in [0.2, 0.25) is 0 Å². The van der Waals surface area contributed by atoms with Crippen LogP contribution in [0.5, 0.6) is 0 Å². The van der Waals surface area contributed by atoms with E-state index in [2.05, 4.69) is 168 Å². The molecule has 0 radical (unpaired) electrons. The Morgan fingerprint density at radius 3 is 2.12 bits per heavy atom. The van der Waals surface area contributed by atoms with Crippen molar-refractivity contribution in [2.45, 2.75) is 31.1 Å². The third-order valence-corrected chi connectivity index (χ3v) is 14.9. The van der Waals surface area contributed by atoms with Gasteiger partial charge in [0.1, 0.15) is 5.82 Å². The van der Waals surface area contributed by atoms with Gasteiger partial charge in [-0.15, -0.1) is 11.3 Å². The molecule has 2 unspecified atom stereocenters. The van der Waals surface area contributed by atoms with Crippen molar-refractivity contribution in [2.75, 3.05) is 0 Å². The minimum atomic E-state index is 0.0297. The van der Waals surface area contributed by atoms with Crippen LogP contribution < -0.4 is 0 Å². The Morgan fingerprint density at radius 2 is 1.24 bits per heavy atom. The predicted molar refractivity (Wildman–Crippen MR) is 245 cm³/mol. The molecule has 8 aromatic carbocycles. The molecule has 3 aromatic heterocycles. The van der Waals surface area contributed by atoms with E-state index in [1.54, 1.807) is 0 Å². The lowest BCUT2D eigenvalue weighted by molar-refractivity contribution is 0.682. The number of para-hydroxylation sites is 1. The Labute approximate surface area is 344 Å². The number of fused-ring (bicyclic) bond motifs is 17. The minimum Gasteiger partial charge on any atom is -0.292 e. The maximum absolute atomic E-state index is 5.88. The molecule has 0 saturated carbocycles. The van der Waals surface area contributed by atoms with Crippen molar-refractivity contribution >= 4 is 64.2 Å². The van der Waals surface area contributed by atoms with E-state index in [0.29, 0.717) is 0 Å². The Bertz CT molecular complexity index is 3620. The monoisotopic (exact) mass is 769 g/mol. The summed E-state index contributed by atoms with van der Waals surface area (Å²) in [4.78, 5) is 11.5. The minimum absolute atomic E-state index is 0.0297. The number of rotatable bonds is 2. The standard InChI is InChI=1S/C55H35N3S/c1-3-15-33-31(13-1)26-28-41(36-18-6-5-17-35(33)36)54-56-51-42-22-10-12-24-48(42)59-53(51)55(57-54)58-47-23-11-9-21-39(47)46-30-45-38-20-8-7-19-37(38)44-29-43-34-16-4-2-14-32(34)25-27-40(43)50(49(44)45)52(46)58/h1-25,27,30,41,44H,26,28-29H2. The van der Waals surface area contributed by atoms with Gasteiger partial charge in [-0.25, -0.2) is 9.97 Å². The first-order chi connectivity index (χ1) is 29.3. The smallest absolute Gasteiger partial charge is 0.159 e. The first kappa shape index (κ1) is 32.1. The quantitative estimate of drug-likeness (QED) is 0.175. The number of aryl methyl sites for hydroxylation is 1. The van der Waals surface area contributed by atoms with Gasteiger partial charge in [-0.1, -0.05) is 146 Å². The summed E-state index contributed by atoms with van der Waals surface area (Å²) < 4.78 is 4.91. The number of hydrogen-bond acceptors (Lipinski definition) is 3. The summed E-state index contributed by atoms with van der Waals surface area (Å²) >= 11 is 1.82. The fraction of sp³-hybridized carbons (Fsp3) is 0.0909. The highest BCUT2D eigenvalue weighted by Crippen LogP contribution is 2.58. The second kappa shape index (κ2) is 11.8. The van der Waals surface area contributed by atoms with Crippen molar-refractivity contribution in [1.29, 1.82) is 0 Å². The fourth-order valence-electron chi connectivity index (χ4n) is 11.3. The highest BCUT2D eigenvalue weighted by atomic mass is 32.1. The number of thiophene rings is 1. The lowest BCUT2D eigenvalue weighted by Gasteiger charge is -2.28. The molecule has 0 amide bonds. The van der Waals surface area contributed by atoms with Crippen LogP contribution in [0.25, 0.3) is 92.1 Å². The molecule has 0 aliphatic heterocycles. The van der Waals surface area contributed by atoms with Gasteiger partial charge in [0, 0.05) is 38.3 Å². The number of aromatic nitrogens is 3. The van der Waals surface area contributed by atoms with Crippen LogP contribution in [0.1, 0.15) is 51.9 Å². The molecule has 59 heavy (non-hydrogen) atoms. The third-order valence-electron chi connectivity index (χ3n) is 13.8. The molecule has 0 spiro atoms. The third kappa shape index (κ3) is 4.31. The summed E-state index contributed by atoms with van der Waals surface area (Å²) in [5.41, 5.74) is 18.6. The summed E-state index contributed by atoms with van der Waals surface area (Å²) in [7, 11) is 0. The highest BCUT2D eigenvalue weighted by Gasteiger charge is 2.39. The first-order valence-corrected chi connectivity index (χ1v) is 21.7. The summed E-state index contributed by atoms with van der Waals surface area (Å²) in [6, 6.07) is 61.1. The average molecular weight is 770 g/mol. The number of nitrogens with zero attached hydrogens (tertiary/aromatic N) is 3. The molecule has 4 heteroatoms. The van der Waals surface area contributed by atoms with Crippen LogP contribution in [0.4, 0.5) is 0 Å². The van der Waals surface area contributed by atoms with Crippen molar-refractivity contribution in [3.63, 3.8) is 0 Å². The molecule has 3 aliphatic carbocycles. The van der Waals surface area contributed by atoms with Crippen LogP contribution in [0.3, 0.4) is 0 Å². The van der Waals surface area contributed by atoms with E-state index < -0.39 is 0 Å². The van der Waals surface area contributed by atoms with Crippen molar-refractivity contribution in [2.24, 2.45) is 0 Å². The van der Waals surface area contributed by atoms with Crippen LogP contribution >= 0.6 is 11.3 Å². The van der Waals surface area contributed by atoms with E-state index in [9.17, 15) is 0 Å². The molecule has 0 bridgehead atoms. The molecule has 3 nitrogen and oxygen atoms in total. The van der Waals surface area contributed by atoms with E-state index >= 15 is 0 Å². The van der Waals surface area contributed by atoms with E-state index in [1.807, 2.05) is 11.3 Å². The number of hydrogen-bond donors (Lipinski definition) is 0. The van der Waals surface area contributed by atoms with Gasteiger partial charge in [0.15, 0.2) is 5.82 Å². The molecular formula is C55H35N3S. The number of benzene rings is 8. The van der Waals surface area contributed by atoms with Gasteiger partial charge in [-0.3, -0.25) is 4.57 Å². The first-order valence-electron chi connectivity index (χ1n) is 20.9. The predicted octanol–water partition coefficient (Wildman–Crippen LogP) is 14.2. The van der Waals surface area contributed by atoms with Gasteiger partial charge in [0.2, 0.25) is 0 Å². The Kier molecular flexibility index (Phi) is 6.45. The van der Waals surface area contributed by atoms with E-state index in [4.69, 9.17) is 9.97 Å². The van der Waals surface area contributed by atoms with Gasteiger partial charge in [-0.05, 0) is 104 Å². The van der Waals surface area contributed by atoms with E-state index in [-0.39, 0.29) is 11.8 Å². The molecule has 276 valence electrons. The maximum Gasteiger partial charge on any atom is 0.159 e. The zero-order chi connectivity index (χ0) is 38.3. The SMILES string of the molecule is c1ccc2c(c1)CCC(c1nc(-n3c4ccccc4c4cc5c6c(c43)-c3ccc4ccccc4c3CC6c3ccccc3-5)c3sc4ccccc4c3n1)c1ccccc1-2.